The standard InChI is InChI=1S/C16H16ClFN2O3S2/c1-11(21)16-12(18)3-2-4-13(16)19-7-9-20(10-8-19)25(22,23)15-6-5-14(17)24-15/h2-6H,7-10H2,1H3. The maximum absolute atomic E-state index is 14.0. The number of carbonyl (C=O) groups is 1. The van der Waals surface area contributed by atoms with Crippen molar-refractivity contribution in [2.75, 3.05) is 31.1 Å². The highest BCUT2D eigenvalue weighted by atomic mass is 35.5. The lowest BCUT2D eigenvalue weighted by atomic mass is 10.1. The van der Waals surface area contributed by atoms with Crippen LogP contribution < -0.4 is 4.90 Å². The first kappa shape index (κ1) is 18.3. The Morgan fingerprint density at radius 1 is 1.16 bits per heavy atom. The Morgan fingerprint density at radius 3 is 2.40 bits per heavy atom. The number of piperazine rings is 1. The number of anilines is 1. The van der Waals surface area contributed by atoms with Crippen molar-refractivity contribution in [2.24, 2.45) is 0 Å². The first-order valence-electron chi connectivity index (χ1n) is 7.60. The Balaban J connectivity index is 1.79. The van der Waals surface area contributed by atoms with Crippen molar-refractivity contribution < 1.29 is 17.6 Å². The number of carbonyl (C=O) groups excluding carboxylic acids is 1. The van der Waals surface area contributed by atoms with Crippen LogP contribution in [0.1, 0.15) is 17.3 Å². The van der Waals surface area contributed by atoms with Crippen molar-refractivity contribution in [2.45, 2.75) is 11.1 Å². The van der Waals surface area contributed by atoms with E-state index < -0.39 is 15.8 Å². The molecule has 3 rings (SSSR count). The molecule has 1 fully saturated rings. The summed E-state index contributed by atoms with van der Waals surface area (Å²) in [5.74, 6) is -0.912. The summed E-state index contributed by atoms with van der Waals surface area (Å²) in [7, 11) is -3.58. The maximum atomic E-state index is 14.0. The van der Waals surface area contributed by atoms with E-state index in [-0.39, 0.29) is 28.6 Å². The fourth-order valence-corrected chi connectivity index (χ4v) is 5.92. The number of hydrogen-bond acceptors (Lipinski definition) is 5. The minimum atomic E-state index is -3.58. The summed E-state index contributed by atoms with van der Waals surface area (Å²) in [5.41, 5.74) is 0.549. The Hall–Kier alpha value is -1.48. The van der Waals surface area contributed by atoms with E-state index in [0.717, 1.165) is 11.3 Å². The molecule has 0 aliphatic carbocycles. The summed E-state index contributed by atoms with van der Waals surface area (Å²) in [5, 5.41) is 0. The van der Waals surface area contributed by atoms with Gasteiger partial charge in [0.15, 0.2) is 5.78 Å². The minimum absolute atomic E-state index is 0.0452. The number of halogens is 2. The average Bonchev–Trinajstić information content (AvgIpc) is 3.01. The van der Waals surface area contributed by atoms with Crippen LogP contribution in [0.3, 0.4) is 0 Å². The van der Waals surface area contributed by atoms with E-state index in [1.165, 1.54) is 23.4 Å². The number of hydrogen-bond donors (Lipinski definition) is 0. The van der Waals surface area contributed by atoms with Crippen molar-refractivity contribution in [3.05, 3.63) is 46.0 Å². The second-order valence-corrected chi connectivity index (χ2v) is 9.52. The van der Waals surface area contributed by atoms with Gasteiger partial charge in [0.05, 0.1) is 15.6 Å². The molecular weight excluding hydrogens is 387 g/mol. The summed E-state index contributed by atoms with van der Waals surface area (Å²) in [6.07, 6.45) is 0. The molecular formula is C16H16ClFN2O3S2. The Morgan fingerprint density at radius 2 is 1.84 bits per heavy atom. The first-order valence-corrected chi connectivity index (χ1v) is 10.2. The summed E-state index contributed by atoms with van der Waals surface area (Å²) in [4.78, 5) is 13.6. The normalized spacial score (nSPS) is 16.2. The summed E-state index contributed by atoms with van der Waals surface area (Å²) in [6, 6.07) is 7.54. The van der Waals surface area contributed by atoms with E-state index in [2.05, 4.69) is 0 Å². The molecule has 0 atom stereocenters. The quantitative estimate of drug-likeness (QED) is 0.736. The Kier molecular flexibility index (Phi) is 5.15. The van der Waals surface area contributed by atoms with Crippen LogP contribution in [0, 0.1) is 5.82 Å². The molecule has 0 saturated carbocycles. The fraction of sp³-hybridized carbons (Fsp3) is 0.312. The topological polar surface area (TPSA) is 57.7 Å². The predicted molar refractivity (Wildman–Crippen MR) is 96.7 cm³/mol. The lowest BCUT2D eigenvalue weighted by Gasteiger charge is -2.35. The monoisotopic (exact) mass is 402 g/mol. The summed E-state index contributed by atoms with van der Waals surface area (Å²) >= 11 is 6.85. The Bertz CT molecular complexity index is 906. The zero-order valence-corrected chi connectivity index (χ0v) is 15.8. The fourth-order valence-electron chi connectivity index (χ4n) is 2.86. The van der Waals surface area contributed by atoms with Gasteiger partial charge < -0.3 is 4.90 Å². The van der Waals surface area contributed by atoms with Gasteiger partial charge >= 0.3 is 0 Å². The van der Waals surface area contributed by atoms with Crippen LogP contribution in [-0.2, 0) is 10.0 Å². The van der Waals surface area contributed by atoms with Crippen LogP contribution in [0.25, 0.3) is 0 Å². The molecule has 0 unspecified atom stereocenters. The molecule has 9 heteroatoms. The molecule has 134 valence electrons. The van der Waals surface area contributed by atoms with E-state index in [9.17, 15) is 17.6 Å². The predicted octanol–water partition coefficient (Wildman–Crippen LogP) is 3.25. The van der Waals surface area contributed by atoms with Crippen molar-refractivity contribution in [3.63, 3.8) is 0 Å². The molecule has 2 heterocycles. The van der Waals surface area contributed by atoms with Gasteiger partial charge in [-0.15, -0.1) is 11.3 Å². The summed E-state index contributed by atoms with van der Waals surface area (Å²) in [6.45, 7) is 2.59. The third-order valence-corrected chi connectivity index (χ3v) is 7.66. The summed E-state index contributed by atoms with van der Waals surface area (Å²) < 4.78 is 41.2. The molecule has 1 aliphatic heterocycles. The highest BCUT2D eigenvalue weighted by Gasteiger charge is 2.31. The number of ketones is 1. The van der Waals surface area contributed by atoms with Gasteiger partial charge in [-0.25, -0.2) is 12.8 Å². The molecule has 2 aromatic rings. The number of thiophene rings is 1. The average molecular weight is 403 g/mol. The van der Waals surface area contributed by atoms with Gasteiger partial charge in [0.2, 0.25) is 0 Å². The molecule has 1 aliphatic rings. The maximum Gasteiger partial charge on any atom is 0.252 e. The van der Waals surface area contributed by atoms with Crippen molar-refractivity contribution in [1.82, 2.24) is 4.31 Å². The molecule has 0 spiro atoms. The lowest BCUT2D eigenvalue weighted by Crippen LogP contribution is -2.48. The van der Waals surface area contributed by atoms with E-state index in [1.807, 2.05) is 4.90 Å². The zero-order chi connectivity index (χ0) is 18.2. The van der Waals surface area contributed by atoms with Gasteiger partial charge in [0.25, 0.3) is 10.0 Å². The molecule has 1 saturated heterocycles. The lowest BCUT2D eigenvalue weighted by molar-refractivity contribution is 0.101. The number of benzene rings is 1. The van der Waals surface area contributed by atoms with Gasteiger partial charge in [-0.1, -0.05) is 17.7 Å². The van der Waals surface area contributed by atoms with Gasteiger partial charge in [0.1, 0.15) is 10.0 Å². The smallest absolute Gasteiger partial charge is 0.252 e. The van der Waals surface area contributed by atoms with Crippen LogP contribution in [0.2, 0.25) is 4.34 Å². The van der Waals surface area contributed by atoms with Crippen LogP contribution in [0.15, 0.2) is 34.5 Å². The van der Waals surface area contributed by atoms with Crippen molar-refractivity contribution in [1.29, 1.82) is 0 Å². The second kappa shape index (κ2) is 7.03. The highest BCUT2D eigenvalue weighted by molar-refractivity contribution is 7.91. The van der Waals surface area contributed by atoms with Crippen LogP contribution >= 0.6 is 22.9 Å². The number of sulfonamides is 1. The van der Waals surface area contributed by atoms with E-state index >= 15 is 0 Å². The van der Waals surface area contributed by atoms with Crippen LogP contribution in [-0.4, -0.2) is 44.7 Å². The largest absolute Gasteiger partial charge is 0.368 e. The van der Waals surface area contributed by atoms with Gasteiger partial charge in [0, 0.05) is 26.2 Å². The van der Waals surface area contributed by atoms with Crippen LogP contribution in [0.4, 0.5) is 10.1 Å². The van der Waals surface area contributed by atoms with Crippen molar-refractivity contribution >= 4 is 44.4 Å². The van der Waals surface area contributed by atoms with Gasteiger partial charge in [-0.05, 0) is 31.2 Å². The molecule has 0 radical (unpaired) electrons. The second-order valence-electron chi connectivity index (χ2n) is 5.64. The molecule has 1 aromatic heterocycles. The number of nitrogens with zero attached hydrogens (tertiary/aromatic N) is 2. The minimum Gasteiger partial charge on any atom is -0.368 e. The molecule has 1 aromatic carbocycles. The molecule has 5 nitrogen and oxygen atoms in total. The molecule has 0 bridgehead atoms. The number of Topliss-reactive ketones (excluding diaryl/α,β-unsaturated/α-hetero) is 1. The SMILES string of the molecule is CC(=O)c1c(F)cccc1N1CCN(S(=O)(=O)c2ccc(Cl)s2)CC1. The van der Waals surface area contributed by atoms with E-state index in [0.29, 0.717) is 23.1 Å². The molecule has 0 amide bonds. The van der Waals surface area contributed by atoms with Gasteiger partial charge in [-0.2, -0.15) is 4.31 Å². The van der Waals surface area contributed by atoms with E-state index in [4.69, 9.17) is 11.6 Å². The van der Waals surface area contributed by atoms with Crippen molar-refractivity contribution in [3.8, 4) is 0 Å². The first-order chi connectivity index (χ1) is 11.8. The Labute approximate surface area is 154 Å². The molecule has 25 heavy (non-hydrogen) atoms. The van der Waals surface area contributed by atoms with Gasteiger partial charge in [-0.3, -0.25) is 4.79 Å². The zero-order valence-electron chi connectivity index (χ0n) is 13.4. The molecule has 0 N–H and O–H groups in total. The third kappa shape index (κ3) is 3.57. The number of rotatable bonds is 4. The van der Waals surface area contributed by atoms with Crippen LogP contribution in [0.5, 0.6) is 0 Å². The third-order valence-electron chi connectivity index (χ3n) is 4.07. The van der Waals surface area contributed by atoms with E-state index in [1.54, 1.807) is 18.2 Å². The highest BCUT2D eigenvalue weighted by Crippen LogP contribution is 2.30.